The van der Waals surface area contributed by atoms with Crippen LogP contribution in [0.3, 0.4) is 0 Å². The maximum atomic E-state index is 11.1. The van der Waals surface area contributed by atoms with Gasteiger partial charge in [0.2, 0.25) is 0 Å². The van der Waals surface area contributed by atoms with E-state index in [-0.39, 0.29) is 4.92 Å². The molecule has 6 atom stereocenters. The molecule has 0 heterocycles. The normalized spacial score (nSPS) is 42.7. The molecule has 138 valence electrons. The topological polar surface area (TPSA) is 43.1 Å². The number of fused-ring (bicyclic) bond motifs is 5. The Morgan fingerprint density at radius 3 is 2.84 bits per heavy atom. The minimum Gasteiger partial charge on any atom is -0.258 e. The largest absolute Gasteiger partial charge is 0.265 e. The zero-order chi connectivity index (χ0) is 17.6. The van der Waals surface area contributed by atoms with Crippen LogP contribution in [0.1, 0.15) is 78.1 Å². The van der Waals surface area contributed by atoms with Gasteiger partial charge in [-0.1, -0.05) is 32.3 Å². The van der Waals surface area contributed by atoms with E-state index in [0.717, 1.165) is 36.5 Å². The average molecular weight is 344 g/mol. The van der Waals surface area contributed by atoms with Crippen molar-refractivity contribution in [1.29, 1.82) is 0 Å². The number of nitrogens with zero attached hydrogens (tertiary/aromatic N) is 1. The van der Waals surface area contributed by atoms with Crippen LogP contribution in [0.15, 0.2) is 23.4 Å². The second-order valence-electron chi connectivity index (χ2n) is 9.38. The van der Waals surface area contributed by atoms with E-state index in [4.69, 9.17) is 0 Å². The molecule has 0 bridgehead atoms. The lowest BCUT2D eigenvalue weighted by Crippen LogP contribution is -2.46. The van der Waals surface area contributed by atoms with E-state index >= 15 is 0 Å². The Morgan fingerprint density at radius 1 is 1.24 bits per heavy atom. The molecule has 3 unspecified atom stereocenters. The third-order valence-corrected chi connectivity index (χ3v) is 8.48. The van der Waals surface area contributed by atoms with Crippen LogP contribution in [0.4, 0.5) is 0 Å². The Morgan fingerprint density at radius 2 is 2.08 bits per heavy atom. The van der Waals surface area contributed by atoms with Crippen LogP contribution in [-0.2, 0) is 0 Å². The molecule has 25 heavy (non-hydrogen) atoms. The molecule has 0 N–H and O–H groups in total. The summed E-state index contributed by atoms with van der Waals surface area (Å²) in [5, 5.41) is 11.1. The molecular formula is C22H33NO2. The van der Waals surface area contributed by atoms with Gasteiger partial charge in [0.05, 0.1) is 4.92 Å². The Balaban J connectivity index is 1.52. The lowest BCUT2D eigenvalue weighted by atomic mass is 9.51. The van der Waals surface area contributed by atoms with Crippen LogP contribution < -0.4 is 0 Å². The number of nitro groups is 1. The quantitative estimate of drug-likeness (QED) is 0.455. The van der Waals surface area contributed by atoms with Gasteiger partial charge in [0, 0.05) is 6.08 Å². The van der Waals surface area contributed by atoms with Gasteiger partial charge in [-0.2, -0.15) is 0 Å². The standard InChI is InChI=1S/C22H33NO2/c1-3-4-5-16-7-11-21-20-9-6-15-14-17(23(24)25)8-10-18(15)19(20)12-13-22(16,21)2/h8,14,16,18-21H,3-7,9-13H2,1-2H3/t16-,18+,19?,20?,21?,22+/m0/s1. The monoisotopic (exact) mass is 343 g/mol. The number of unbranched alkanes of at least 4 members (excludes halogenated alkanes) is 1. The molecule has 0 aromatic rings. The van der Waals surface area contributed by atoms with Gasteiger partial charge in [0.15, 0.2) is 0 Å². The summed E-state index contributed by atoms with van der Waals surface area (Å²) in [6.45, 7) is 4.93. The van der Waals surface area contributed by atoms with E-state index in [9.17, 15) is 10.1 Å². The Labute approximate surface area is 152 Å². The predicted octanol–water partition coefficient (Wildman–Crippen LogP) is 6.14. The van der Waals surface area contributed by atoms with Crippen molar-refractivity contribution in [2.45, 2.75) is 78.1 Å². The smallest absolute Gasteiger partial charge is 0.258 e. The van der Waals surface area contributed by atoms with Crippen molar-refractivity contribution >= 4 is 0 Å². The van der Waals surface area contributed by atoms with Crippen molar-refractivity contribution in [3.63, 3.8) is 0 Å². The van der Waals surface area contributed by atoms with E-state index in [2.05, 4.69) is 13.8 Å². The van der Waals surface area contributed by atoms with Crippen molar-refractivity contribution in [3.05, 3.63) is 33.5 Å². The molecule has 3 heteroatoms. The van der Waals surface area contributed by atoms with Crippen molar-refractivity contribution in [1.82, 2.24) is 0 Å². The van der Waals surface area contributed by atoms with Crippen LogP contribution in [0.2, 0.25) is 0 Å². The van der Waals surface area contributed by atoms with Gasteiger partial charge < -0.3 is 0 Å². The number of allylic oxidation sites excluding steroid dienone is 3. The number of hydrogen-bond acceptors (Lipinski definition) is 2. The highest BCUT2D eigenvalue weighted by molar-refractivity contribution is 5.28. The van der Waals surface area contributed by atoms with Crippen LogP contribution in [0.25, 0.3) is 0 Å². The van der Waals surface area contributed by atoms with Crippen molar-refractivity contribution in [3.8, 4) is 0 Å². The van der Waals surface area contributed by atoms with Crippen LogP contribution in [0.5, 0.6) is 0 Å². The van der Waals surface area contributed by atoms with Crippen molar-refractivity contribution in [2.75, 3.05) is 0 Å². The summed E-state index contributed by atoms with van der Waals surface area (Å²) in [7, 11) is 0. The first-order chi connectivity index (χ1) is 12.0. The maximum Gasteiger partial charge on any atom is 0.265 e. The van der Waals surface area contributed by atoms with Crippen LogP contribution in [0, 0.1) is 45.1 Å². The molecule has 4 aliphatic rings. The first-order valence-corrected chi connectivity index (χ1v) is 10.6. The molecule has 0 saturated heterocycles. The van der Waals surface area contributed by atoms with Crippen LogP contribution in [-0.4, -0.2) is 4.92 Å². The molecule has 0 aromatic heterocycles. The van der Waals surface area contributed by atoms with Gasteiger partial charge in [0.25, 0.3) is 5.70 Å². The summed E-state index contributed by atoms with van der Waals surface area (Å²) >= 11 is 0. The Kier molecular flexibility index (Phi) is 4.54. The molecule has 0 radical (unpaired) electrons. The molecule has 0 spiro atoms. The fourth-order valence-corrected chi connectivity index (χ4v) is 7.19. The second kappa shape index (κ2) is 6.55. The van der Waals surface area contributed by atoms with E-state index in [1.54, 1.807) is 0 Å². The first-order valence-electron chi connectivity index (χ1n) is 10.6. The van der Waals surface area contributed by atoms with Gasteiger partial charge in [-0.25, -0.2) is 0 Å². The van der Waals surface area contributed by atoms with E-state index in [0.29, 0.717) is 17.0 Å². The molecule has 3 fully saturated rings. The molecule has 3 nitrogen and oxygen atoms in total. The lowest BCUT2D eigenvalue weighted by Gasteiger charge is -2.53. The van der Waals surface area contributed by atoms with Gasteiger partial charge >= 0.3 is 0 Å². The predicted molar refractivity (Wildman–Crippen MR) is 101 cm³/mol. The summed E-state index contributed by atoms with van der Waals surface area (Å²) < 4.78 is 0. The fraction of sp³-hybridized carbons (Fsp3) is 0.818. The minimum absolute atomic E-state index is 0.206. The second-order valence-corrected chi connectivity index (χ2v) is 9.38. The molecule has 0 aliphatic heterocycles. The summed E-state index contributed by atoms with van der Waals surface area (Å²) in [6, 6.07) is 0. The van der Waals surface area contributed by atoms with Gasteiger partial charge in [-0.15, -0.1) is 0 Å². The highest BCUT2D eigenvalue weighted by Gasteiger charge is 2.55. The highest BCUT2D eigenvalue weighted by Crippen LogP contribution is 2.64. The Bertz CT molecular complexity index is 607. The minimum atomic E-state index is -0.206. The fourth-order valence-electron chi connectivity index (χ4n) is 7.19. The average Bonchev–Trinajstić information content (AvgIpc) is 2.95. The maximum absolute atomic E-state index is 11.1. The number of rotatable bonds is 4. The summed E-state index contributed by atoms with van der Waals surface area (Å²) in [4.78, 5) is 10.9. The third kappa shape index (κ3) is 2.78. The summed E-state index contributed by atoms with van der Waals surface area (Å²) in [6.07, 6.45) is 16.9. The lowest BCUT2D eigenvalue weighted by molar-refractivity contribution is -0.419. The Hall–Kier alpha value is -1.12. The molecule has 3 saturated carbocycles. The molecule has 4 rings (SSSR count). The molecular weight excluding hydrogens is 310 g/mol. The SMILES string of the molecule is CCCC[C@H]1CCC2C3CCC4=CC([N+](=O)[O-])=CC[C@H]4C3CC[C@@]21C. The van der Waals surface area contributed by atoms with E-state index in [1.165, 1.54) is 56.9 Å². The molecule has 0 amide bonds. The molecule has 4 aliphatic carbocycles. The molecule has 0 aromatic carbocycles. The number of hydrogen-bond donors (Lipinski definition) is 0. The third-order valence-electron chi connectivity index (χ3n) is 8.48. The zero-order valence-electron chi connectivity index (χ0n) is 15.9. The summed E-state index contributed by atoms with van der Waals surface area (Å²) in [5.74, 6) is 4.12. The van der Waals surface area contributed by atoms with Crippen molar-refractivity contribution < 1.29 is 4.92 Å². The highest BCUT2D eigenvalue weighted by atomic mass is 16.6. The van der Waals surface area contributed by atoms with E-state index in [1.807, 2.05) is 12.2 Å². The van der Waals surface area contributed by atoms with Crippen molar-refractivity contribution in [2.24, 2.45) is 35.0 Å². The summed E-state index contributed by atoms with van der Waals surface area (Å²) in [5.41, 5.74) is 2.30. The van der Waals surface area contributed by atoms with Gasteiger partial charge in [0.1, 0.15) is 0 Å². The van der Waals surface area contributed by atoms with Gasteiger partial charge in [-0.05, 0) is 92.4 Å². The van der Waals surface area contributed by atoms with Crippen LogP contribution >= 0.6 is 0 Å². The van der Waals surface area contributed by atoms with Gasteiger partial charge in [-0.3, -0.25) is 10.1 Å². The first kappa shape index (κ1) is 17.3. The van der Waals surface area contributed by atoms with E-state index < -0.39 is 0 Å². The zero-order valence-corrected chi connectivity index (χ0v) is 15.9.